The molecule has 74 valence electrons. The molecule has 0 spiro atoms. The van der Waals surface area contributed by atoms with Gasteiger partial charge in [0, 0.05) is 10.9 Å². The van der Waals surface area contributed by atoms with Gasteiger partial charge in [-0.05, 0) is 12.1 Å². The van der Waals surface area contributed by atoms with Gasteiger partial charge in [-0.1, -0.05) is 15.9 Å². The summed E-state index contributed by atoms with van der Waals surface area (Å²) in [7, 11) is 0. The van der Waals surface area contributed by atoms with Crippen LogP contribution in [-0.2, 0) is 11.8 Å². The molecule has 0 saturated heterocycles. The van der Waals surface area contributed by atoms with E-state index in [0.29, 0.717) is 11.4 Å². The van der Waals surface area contributed by atoms with Gasteiger partial charge in [0.1, 0.15) is 0 Å². The Labute approximate surface area is 88.7 Å². The van der Waals surface area contributed by atoms with Gasteiger partial charge in [0.15, 0.2) is 0 Å². The minimum atomic E-state index is -2.52. The van der Waals surface area contributed by atoms with Crippen LogP contribution in [0.1, 0.15) is 23.4 Å². The Kier molecular flexibility index (Phi) is 3.96. The van der Waals surface area contributed by atoms with Crippen LogP contribution in [0.2, 0.25) is 0 Å². The van der Waals surface area contributed by atoms with Crippen molar-refractivity contribution >= 4 is 15.9 Å². The normalized spacial score (nSPS) is 10.2. The van der Waals surface area contributed by atoms with Crippen LogP contribution in [0.3, 0.4) is 0 Å². The van der Waals surface area contributed by atoms with Gasteiger partial charge in [0.2, 0.25) is 0 Å². The second-order valence-corrected chi connectivity index (χ2v) is 3.17. The van der Waals surface area contributed by atoms with Crippen molar-refractivity contribution in [1.29, 1.82) is 5.26 Å². The smallest absolute Gasteiger partial charge is 0.255 e. The van der Waals surface area contributed by atoms with E-state index in [-0.39, 0.29) is 17.3 Å². The van der Waals surface area contributed by atoms with Gasteiger partial charge in [-0.2, -0.15) is 5.26 Å². The topological polar surface area (TPSA) is 36.7 Å². The fraction of sp³-hybridized carbons (Fsp3) is 0.333. The molecule has 0 radical (unpaired) electrons. The monoisotopic (exact) mass is 260 g/mol. The molecule has 14 heavy (non-hydrogen) atoms. The molecule has 0 atom stereocenters. The molecule has 0 N–H and O–H groups in total. The molecule has 1 heterocycles. The van der Waals surface area contributed by atoms with E-state index in [4.69, 9.17) is 5.26 Å². The first-order valence-electron chi connectivity index (χ1n) is 3.88. The first kappa shape index (κ1) is 11.1. The molecule has 0 bridgehead atoms. The van der Waals surface area contributed by atoms with Gasteiger partial charge in [-0.15, -0.1) is 0 Å². The standard InChI is InChI=1S/C9H7BrF2N2/c10-5-8-7(9(11)12)2-1-6(14-8)3-4-13/h1-2,9H,3,5H2. The van der Waals surface area contributed by atoms with Crippen LogP contribution in [0.25, 0.3) is 0 Å². The van der Waals surface area contributed by atoms with Crippen LogP contribution in [0.15, 0.2) is 12.1 Å². The maximum Gasteiger partial charge on any atom is 0.265 e. The van der Waals surface area contributed by atoms with E-state index in [2.05, 4.69) is 20.9 Å². The summed E-state index contributed by atoms with van der Waals surface area (Å²) in [6.07, 6.45) is -2.38. The second-order valence-electron chi connectivity index (χ2n) is 2.61. The molecule has 1 aromatic heterocycles. The number of alkyl halides is 3. The first-order valence-corrected chi connectivity index (χ1v) is 5.01. The molecule has 2 nitrogen and oxygen atoms in total. The predicted octanol–water partition coefficient (Wildman–Crippen LogP) is 2.98. The zero-order valence-electron chi connectivity index (χ0n) is 7.17. The SMILES string of the molecule is N#CCc1ccc(C(F)F)c(CBr)n1. The number of nitriles is 1. The maximum atomic E-state index is 12.4. The third-order valence-corrected chi connectivity index (χ3v) is 2.22. The Morgan fingerprint density at radius 3 is 2.71 bits per heavy atom. The summed E-state index contributed by atoms with van der Waals surface area (Å²) < 4.78 is 24.8. The Morgan fingerprint density at radius 1 is 1.50 bits per heavy atom. The molecule has 0 amide bonds. The van der Waals surface area contributed by atoms with E-state index >= 15 is 0 Å². The van der Waals surface area contributed by atoms with E-state index in [0.717, 1.165) is 0 Å². The molecule has 1 aromatic rings. The highest BCUT2D eigenvalue weighted by Crippen LogP contribution is 2.23. The van der Waals surface area contributed by atoms with Gasteiger partial charge in [-0.3, -0.25) is 4.98 Å². The van der Waals surface area contributed by atoms with Gasteiger partial charge in [-0.25, -0.2) is 8.78 Å². The van der Waals surface area contributed by atoms with Crippen molar-refractivity contribution in [3.05, 3.63) is 29.1 Å². The molecule has 0 aliphatic heterocycles. The van der Waals surface area contributed by atoms with Gasteiger partial charge >= 0.3 is 0 Å². The molecule has 0 saturated carbocycles. The molecule has 0 aliphatic carbocycles. The fourth-order valence-electron chi connectivity index (χ4n) is 1.04. The van der Waals surface area contributed by atoms with Crippen LogP contribution >= 0.6 is 15.9 Å². The molecular weight excluding hydrogens is 254 g/mol. The largest absolute Gasteiger partial charge is 0.265 e. The number of aromatic nitrogens is 1. The van der Waals surface area contributed by atoms with E-state index in [1.165, 1.54) is 12.1 Å². The van der Waals surface area contributed by atoms with Crippen LogP contribution in [0, 0.1) is 11.3 Å². The summed E-state index contributed by atoms with van der Waals surface area (Å²) in [5.41, 5.74) is 0.739. The zero-order chi connectivity index (χ0) is 10.6. The zero-order valence-corrected chi connectivity index (χ0v) is 8.76. The number of hydrogen-bond acceptors (Lipinski definition) is 2. The third-order valence-electron chi connectivity index (χ3n) is 1.69. The fourth-order valence-corrected chi connectivity index (χ4v) is 1.49. The van der Waals surface area contributed by atoms with E-state index in [1.54, 1.807) is 0 Å². The van der Waals surface area contributed by atoms with Gasteiger partial charge in [0.25, 0.3) is 6.43 Å². The Balaban J connectivity index is 3.06. The molecule has 0 fully saturated rings. The van der Waals surface area contributed by atoms with E-state index in [1.807, 2.05) is 6.07 Å². The average molecular weight is 261 g/mol. The lowest BCUT2D eigenvalue weighted by Gasteiger charge is -2.06. The molecule has 5 heteroatoms. The molecule has 1 rings (SSSR count). The number of nitrogens with zero attached hydrogens (tertiary/aromatic N) is 2. The molecule has 0 unspecified atom stereocenters. The van der Waals surface area contributed by atoms with Gasteiger partial charge < -0.3 is 0 Å². The Morgan fingerprint density at radius 2 is 2.21 bits per heavy atom. The van der Waals surface area contributed by atoms with Crippen molar-refractivity contribution in [2.24, 2.45) is 0 Å². The van der Waals surface area contributed by atoms with Gasteiger partial charge in [0.05, 0.1) is 23.9 Å². The molecule has 0 aliphatic rings. The van der Waals surface area contributed by atoms with E-state index < -0.39 is 6.43 Å². The second kappa shape index (κ2) is 5.01. The quantitative estimate of drug-likeness (QED) is 0.784. The van der Waals surface area contributed by atoms with Crippen molar-refractivity contribution in [1.82, 2.24) is 4.98 Å². The lowest BCUT2D eigenvalue weighted by molar-refractivity contribution is 0.150. The predicted molar refractivity (Wildman–Crippen MR) is 51.1 cm³/mol. The minimum absolute atomic E-state index is 0.0800. The average Bonchev–Trinajstić information content (AvgIpc) is 2.17. The highest BCUT2D eigenvalue weighted by molar-refractivity contribution is 9.08. The van der Waals surface area contributed by atoms with E-state index in [9.17, 15) is 8.78 Å². The number of hydrogen-bond donors (Lipinski definition) is 0. The lowest BCUT2D eigenvalue weighted by Crippen LogP contribution is -1.99. The lowest BCUT2D eigenvalue weighted by atomic mass is 10.2. The number of pyridine rings is 1. The van der Waals surface area contributed by atoms with Crippen molar-refractivity contribution in [2.75, 3.05) is 0 Å². The van der Waals surface area contributed by atoms with Crippen molar-refractivity contribution in [2.45, 2.75) is 18.2 Å². The third kappa shape index (κ3) is 2.48. The van der Waals surface area contributed by atoms with Crippen molar-refractivity contribution < 1.29 is 8.78 Å². The Bertz CT molecular complexity index is 360. The molecule has 0 aromatic carbocycles. The summed E-state index contributed by atoms with van der Waals surface area (Å²) in [6.45, 7) is 0. The first-order chi connectivity index (χ1) is 6.69. The van der Waals surface area contributed by atoms with Crippen LogP contribution in [-0.4, -0.2) is 4.98 Å². The summed E-state index contributed by atoms with van der Waals surface area (Å²) in [4.78, 5) is 3.95. The molecular formula is C9H7BrF2N2. The van der Waals surface area contributed by atoms with Crippen LogP contribution < -0.4 is 0 Å². The highest BCUT2D eigenvalue weighted by Gasteiger charge is 2.13. The van der Waals surface area contributed by atoms with Crippen molar-refractivity contribution in [3.63, 3.8) is 0 Å². The highest BCUT2D eigenvalue weighted by atomic mass is 79.9. The number of halogens is 3. The maximum absolute atomic E-state index is 12.4. The summed E-state index contributed by atoms with van der Waals surface area (Å²) in [6, 6.07) is 4.69. The number of rotatable bonds is 3. The summed E-state index contributed by atoms with van der Waals surface area (Å²) in [5.74, 6) is 0. The van der Waals surface area contributed by atoms with Crippen molar-refractivity contribution in [3.8, 4) is 6.07 Å². The van der Waals surface area contributed by atoms with Crippen LogP contribution in [0.4, 0.5) is 8.78 Å². The Hall–Kier alpha value is -1.02. The minimum Gasteiger partial charge on any atom is -0.255 e. The summed E-state index contributed by atoms with van der Waals surface area (Å²) in [5, 5.41) is 8.68. The summed E-state index contributed by atoms with van der Waals surface area (Å²) >= 11 is 3.08. The van der Waals surface area contributed by atoms with Crippen LogP contribution in [0.5, 0.6) is 0 Å².